The van der Waals surface area contributed by atoms with Gasteiger partial charge in [0.2, 0.25) is 0 Å². The molecule has 0 heterocycles. The average Bonchev–Trinajstić information content (AvgIpc) is 3.03. The van der Waals surface area contributed by atoms with Crippen LogP contribution < -0.4 is 0 Å². The zero-order valence-corrected chi connectivity index (χ0v) is 15.9. The van der Waals surface area contributed by atoms with Crippen molar-refractivity contribution in [3.05, 3.63) is 83.4 Å². The molecule has 0 saturated heterocycles. The average molecular weight is 395 g/mol. The van der Waals surface area contributed by atoms with Gasteiger partial charge in [-0.3, -0.25) is 9.79 Å². The van der Waals surface area contributed by atoms with Crippen molar-refractivity contribution in [2.45, 2.75) is 31.4 Å². The molecule has 3 aromatic rings. The largest absolute Gasteiger partial charge is 0.416 e. The van der Waals surface area contributed by atoms with Crippen molar-refractivity contribution in [3.8, 4) is 0 Å². The third-order valence-electron chi connectivity index (χ3n) is 5.48. The number of hydrogen-bond donors (Lipinski definition) is 0. The zero-order valence-electron chi connectivity index (χ0n) is 15.9. The van der Waals surface area contributed by atoms with E-state index in [1.165, 1.54) is 6.07 Å². The molecular formula is C24H20F3NO. The summed E-state index contributed by atoms with van der Waals surface area (Å²) in [6, 6.07) is 18.7. The number of alkyl halides is 3. The number of fused-ring (bicyclic) bond motifs is 1. The molecule has 0 amide bonds. The molecule has 2 unspecified atom stereocenters. The summed E-state index contributed by atoms with van der Waals surface area (Å²) in [6.07, 6.45) is -4.02. The number of Topliss-reactive ketones (excluding diaryl/α,β-unsaturated/α-hetero) is 1. The Kier molecular flexibility index (Phi) is 4.99. The molecule has 29 heavy (non-hydrogen) atoms. The Morgan fingerprint density at radius 2 is 1.72 bits per heavy atom. The lowest BCUT2D eigenvalue weighted by atomic mass is 9.88. The summed E-state index contributed by atoms with van der Waals surface area (Å²) < 4.78 is 39.6. The number of aliphatic imine (C=N–C) groups is 1. The summed E-state index contributed by atoms with van der Waals surface area (Å²) >= 11 is 0. The van der Waals surface area contributed by atoms with Gasteiger partial charge in [-0.15, -0.1) is 0 Å². The molecule has 0 aliphatic heterocycles. The molecule has 3 aromatic carbocycles. The van der Waals surface area contributed by atoms with Crippen molar-refractivity contribution >= 4 is 22.3 Å². The van der Waals surface area contributed by atoms with Crippen molar-refractivity contribution in [1.29, 1.82) is 0 Å². The smallest absolute Gasteiger partial charge is 0.298 e. The first kappa shape index (κ1) is 19.4. The fourth-order valence-electron chi connectivity index (χ4n) is 4.22. The highest BCUT2D eigenvalue weighted by Crippen LogP contribution is 2.42. The van der Waals surface area contributed by atoms with Crippen molar-refractivity contribution in [3.63, 3.8) is 0 Å². The molecule has 0 aromatic heterocycles. The Morgan fingerprint density at radius 3 is 2.48 bits per heavy atom. The highest BCUT2D eigenvalue weighted by Gasteiger charge is 2.42. The lowest BCUT2D eigenvalue weighted by Crippen LogP contribution is -2.16. The van der Waals surface area contributed by atoms with Gasteiger partial charge in [-0.2, -0.15) is 13.2 Å². The standard InChI is InChI=1S/C24H20F3NO/c1-2-28-21-14-20(19-12-6-8-15-7-3-4-11-18(15)19)23(29)22(21)16-9-5-10-17(13-16)24(25,26)27/h3-13,20,22H,2,14H2,1H3. The molecule has 5 heteroatoms. The van der Waals surface area contributed by atoms with Gasteiger partial charge in [0.05, 0.1) is 11.5 Å². The maximum absolute atomic E-state index is 13.4. The number of rotatable bonds is 3. The third-order valence-corrected chi connectivity index (χ3v) is 5.48. The van der Waals surface area contributed by atoms with E-state index in [4.69, 9.17) is 0 Å². The minimum atomic E-state index is -4.45. The van der Waals surface area contributed by atoms with Gasteiger partial charge in [-0.05, 0) is 34.9 Å². The van der Waals surface area contributed by atoms with Gasteiger partial charge < -0.3 is 0 Å². The summed E-state index contributed by atoms with van der Waals surface area (Å²) in [6.45, 7) is 2.35. The summed E-state index contributed by atoms with van der Waals surface area (Å²) in [5.74, 6) is -1.24. The molecule has 1 aliphatic carbocycles. The maximum Gasteiger partial charge on any atom is 0.416 e. The molecule has 0 N–H and O–H groups in total. The van der Waals surface area contributed by atoms with Crippen LogP contribution in [0.4, 0.5) is 13.2 Å². The normalized spacial score (nSPS) is 21.2. The molecule has 0 spiro atoms. The van der Waals surface area contributed by atoms with Crippen LogP contribution in [0, 0.1) is 0 Å². The van der Waals surface area contributed by atoms with Crippen LogP contribution in [0.25, 0.3) is 10.8 Å². The number of hydrogen-bond acceptors (Lipinski definition) is 2. The topological polar surface area (TPSA) is 29.4 Å². The molecule has 4 rings (SSSR count). The highest BCUT2D eigenvalue weighted by molar-refractivity contribution is 6.19. The minimum Gasteiger partial charge on any atom is -0.298 e. The van der Waals surface area contributed by atoms with Crippen molar-refractivity contribution in [2.24, 2.45) is 4.99 Å². The van der Waals surface area contributed by atoms with Gasteiger partial charge in [0.15, 0.2) is 5.78 Å². The van der Waals surface area contributed by atoms with Crippen molar-refractivity contribution in [1.82, 2.24) is 0 Å². The Hall–Kier alpha value is -2.95. The summed E-state index contributed by atoms with van der Waals surface area (Å²) in [4.78, 5) is 17.9. The van der Waals surface area contributed by atoms with E-state index >= 15 is 0 Å². The Balaban J connectivity index is 1.80. The van der Waals surface area contributed by atoms with E-state index in [1.807, 2.05) is 49.4 Å². The van der Waals surface area contributed by atoms with Crippen LogP contribution in [0.5, 0.6) is 0 Å². The van der Waals surface area contributed by atoms with E-state index in [2.05, 4.69) is 4.99 Å². The first-order chi connectivity index (χ1) is 13.9. The molecule has 0 radical (unpaired) electrons. The van der Waals surface area contributed by atoms with Crippen LogP contribution in [0.15, 0.2) is 71.7 Å². The quantitative estimate of drug-likeness (QED) is 0.522. The van der Waals surface area contributed by atoms with E-state index in [1.54, 1.807) is 6.07 Å². The molecule has 1 fully saturated rings. The van der Waals surface area contributed by atoms with Crippen LogP contribution >= 0.6 is 0 Å². The predicted molar refractivity (Wildman–Crippen MR) is 108 cm³/mol. The van der Waals surface area contributed by atoms with Gasteiger partial charge in [-0.1, -0.05) is 60.7 Å². The monoisotopic (exact) mass is 395 g/mol. The molecule has 1 aliphatic rings. The first-order valence-electron chi connectivity index (χ1n) is 9.62. The predicted octanol–water partition coefficient (Wildman–Crippen LogP) is 6.16. The number of benzene rings is 3. The molecule has 2 atom stereocenters. The lowest BCUT2D eigenvalue weighted by Gasteiger charge is -2.15. The molecular weight excluding hydrogens is 375 g/mol. The second kappa shape index (κ2) is 7.47. The molecule has 0 bridgehead atoms. The van der Waals surface area contributed by atoms with Gasteiger partial charge in [0.25, 0.3) is 0 Å². The Morgan fingerprint density at radius 1 is 1.00 bits per heavy atom. The van der Waals surface area contributed by atoms with Gasteiger partial charge in [0, 0.05) is 24.6 Å². The lowest BCUT2D eigenvalue weighted by molar-refractivity contribution is -0.137. The minimum absolute atomic E-state index is 0.0899. The number of carbonyl (C=O) groups is 1. The number of ketones is 1. The summed E-state index contributed by atoms with van der Waals surface area (Å²) in [5.41, 5.74) is 1.19. The van der Waals surface area contributed by atoms with Crippen molar-refractivity contribution in [2.75, 3.05) is 6.54 Å². The number of halogens is 3. The maximum atomic E-state index is 13.4. The third kappa shape index (κ3) is 3.57. The fourth-order valence-corrected chi connectivity index (χ4v) is 4.22. The van der Waals surface area contributed by atoms with Gasteiger partial charge in [-0.25, -0.2) is 0 Å². The van der Waals surface area contributed by atoms with Crippen LogP contribution in [0.3, 0.4) is 0 Å². The number of nitrogens with zero attached hydrogens (tertiary/aromatic N) is 1. The van der Waals surface area contributed by atoms with E-state index in [-0.39, 0.29) is 5.78 Å². The first-order valence-corrected chi connectivity index (χ1v) is 9.62. The van der Waals surface area contributed by atoms with E-state index in [9.17, 15) is 18.0 Å². The zero-order chi connectivity index (χ0) is 20.6. The number of carbonyl (C=O) groups excluding carboxylic acids is 1. The van der Waals surface area contributed by atoms with Gasteiger partial charge in [0.1, 0.15) is 0 Å². The molecule has 2 nitrogen and oxygen atoms in total. The SMILES string of the molecule is CCN=C1CC(c2cccc3ccccc23)C(=O)C1c1cccc(C(F)(F)F)c1. The van der Waals surface area contributed by atoms with E-state index in [0.29, 0.717) is 24.2 Å². The van der Waals surface area contributed by atoms with E-state index in [0.717, 1.165) is 28.5 Å². The Bertz CT molecular complexity index is 1100. The van der Waals surface area contributed by atoms with Crippen LogP contribution in [0.1, 0.15) is 41.9 Å². The summed E-state index contributed by atoms with van der Waals surface area (Å²) in [5, 5.41) is 2.03. The second-order valence-corrected chi connectivity index (χ2v) is 7.25. The highest BCUT2D eigenvalue weighted by atomic mass is 19.4. The second-order valence-electron chi connectivity index (χ2n) is 7.25. The van der Waals surface area contributed by atoms with Crippen molar-refractivity contribution < 1.29 is 18.0 Å². The fraction of sp³-hybridized carbons (Fsp3) is 0.250. The van der Waals surface area contributed by atoms with Crippen LogP contribution in [-0.2, 0) is 11.0 Å². The summed E-state index contributed by atoms with van der Waals surface area (Å²) in [7, 11) is 0. The van der Waals surface area contributed by atoms with E-state index < -0.39 is 23.6 Å². The molecule has 148 valence electrons. The van der Waals surface area contributed by atoms with Crippen LogP contribution in [0.2, 0.25) is 0 Å². The van der Waals surface area contributed by atoms with Gasteiger partial charge >= 0.3 is 6.18 Å². The Labute approximate surface area is 167 Å². The van der Waals surface area contributed by atoms with Crippen LogP contribution in [-0.4, -0.2) is 18.0 Å². The molecule has 1 saturated carbocycles.